The summed E-state index contributed by atoms with van der Waals surface area (Å²) >= 11 is 13.3. The number of aromatic nitrogens is 2. The van der Waals surface area contributed by atoms with Gasteiger partial charge in [-0.15, -0.1) is 11.8 Å². The van der Waals surface area contributed by atoms with Crippen LogP contribution in [-0.2, 0) is 11.3 Å². The fourth-order valence-electron chi connectivity index (χ4n) is 2.39. The van der Waals surface area contributed by atoms with Gasteiger partial charge in [-0.3, -0.25) is 4.79 Å². The number of nitrogens with zero attached hydrogens (tertiary/aromatic N) is 3. The zero-order valence-electron chi connectivity index (χ0n) is 14.7. The molecule has 0 aliphatic heterocycles. The van der Waals surface area contributed by atoms with Crippen LogP contribution in [0.25, 0.3) is 11.4 Å². The molecule has 0 saturated carbocycles. The van der Waals surface area contributed by atoms with Gasteiger partial charge < -0.3 is 9.42 Å². The van der Waals surface area contributed by atoms with E-state index in [1.165, 1.54) is 11.8 Å². The highest BCUT2D eigenvalue weighted by molar-refractivity contribution is 8.00. The molecule has 0 fully saturated rings. The molecule has 3 rings (SSSR count). The lowest BCUT2D eigenvalue weighted by atomic mass is 10.2. The quantitative estimate of drug-likeness (QED) is 0.512. The maximum atomic E-state index is 12.6. The van der Waals surface area contributed by atoms with Gasteiger partial charge in [0, 0.05) is 27.6 Å². The number of rotatable bonds is 6. The summed E-state index contributed by atoms with van der Waals surface area (Å²) in [5, 5.41) is 5.02. The van der Waals surface area contributed by atoms with Crippen molar-refractivity contribution < 1.29 is 9.32 Å². The number of carbonyl (C=O) groups is 1. The average molecular weight is 422 g/mol. The van der Waals surface area contributed by atoms with Crippen LogP contribution in [0, 0.1) is 0 Å². The Morgan fingerprint density at radius 2 is 1.70 bits per heavy atom. The van der Waals surface area contributed by atoms with Gasteiger partial charge in [0.2, 0.25) is 17.6 Å². The molecule has 140 valence electrons. The third-order valence-electron chi connectivity index (χ3n) is 3.79. The van der Waals surface area contributed by atoms with E-state index in [2.05, 4.69) is 10.1 Å². The first-order valence-corrected chi connectivity index (χ1v) is 9.81. The van der Waals surface area contributed by atoms with Crippen LogP contribution in [0.3, 0.4) is 0 Å². The van der Waals surface area contributed by atoms with E-state index in [4.69, 9.17) is 27.7 Å². The lowest BCUT2D eigenvalue weighted by molar-refractivity contribution is -0.129. The molecule has 5 nitrogen and oxygen atoms in total. The van der Waals surface area contributed by atoms with Crippen LogP contribution in [0.2, 0.25) is 10.0 Å². The second-order valence-corrected chi connectivity index (χ2v) is 8.21. The van der Waals surface area contributed by atoms with Crippen molar-refractivity contribution in [2.45, 2.75) is 23.6 Å². The van der Waals surface area contributed by atoms with Gasteiger partial charge in [0.25, 0.3) is 0 Å². The molecule has 0 N–H and O–H groups in total. The van der Waals surface area contributed by atoms with Gasteiger partial charge >= 0.3 is 0 Å². The Kier molecular flexibility index (Phi) is 6.42. The summed E-state index contributed by atoms with van der Waals surface area (Å²) in [6.07, 6.45) is 0. The van der Waals surface area contributed by atoms with Crippen LogP contribution in [-0.4, -0.2) is 33.2 Å². The fraction of sp³-hybridized carbons (Fsp3) is 0.211. The van der Waals surface area contributed by atoms with Crippen LogP contribution in [0.5, 0.6) is 0 Å². The van der Waals surface area contributed by atoms with E-state index >= 15 is 0 Å². The Labute approximate surface area is 171 Å². The molecule has 1 amide bonds. The smallest absolute Gasteiger partial charge is 0.246 e. The van der Waals surface area contributed by atoms with E-state index in [-0.39, 0.29) is 17.7 Å². The van der Waals surface area contributed by atoms with Gasteiger partial charge in [0.1, 0.15) is 0 Å². The first-order valence-electron chi connectivity index (χ1n) is 8.18. The van der Waals surface area contributed by atoms with Crippen molar-refractivity contribution in [3.05, 3.63) is 64.5 Å². The third kappa shape index (κ3) is 5.25. The third-order valence-corrected chi connectivity index (χ3v) is 5.40. The topological polar surface area (TPSA) is 59.2 Å². The fourth-order valence-corrected chi connectivity index (χ4v) is 3.63. The molecule has 0 bridgehead atoms. The largest absolute Gasteiger partial charge is 0.337 e. The Morgan fingerprint density at radius 3 is 2.33 bits per heavy atom. The van der Waals surface area contributed by atoms with E-state index in [0.29, 0.717) is 21.8 Å². The zero-order valence-corrected chi connectivity index (χ0v) is 17.1. The van der Waals surface area contributed by atoms with Crippen LogP contribution >= 0.6 is 35.0 Å². The van der Waals surface area contributed by atoms with E-state index < -0.39 is 0 Å². The van der Waals surface area contributed by atoms with E-state index in [1.807, 2.05) is 43.3 Å². The predicted molar refractivity (Wildman–Crippen MR) is 108 cm³/mol. The number of hydrogen-bond donors (Lipinski definition) is 0. The van der Waals surface area contributed by atoms with Crippen LogP contribution in [0.1, 0.15) is 12.8 Å². The number of carbonyl (C=O) groups excluding carboxylic acids is 1. The van der Waals surface area contributed by atoms with E-state index in [0.717, 1.165) is 10.5 Å². The molecule has 0 saturated heterocycles. The molecule has 3 aromatic rings. The number of amides is 1. The summed E-state index contributed by atoms with van der Waals surface area (Å²) in [6.45, 7) is 2.11. The van der Waals surface area contributed by atoms with Crippen molar-refractivity contribution in [2.75, 3.05) is 7.05 Å². The lowest BCUT2D eigenvalue weighted by Crippen LogP contribution is -2.32. The SMILES string of the molecule is CC(Sc1ccc(Cl)cc1)C(=O)N(C)Cc1nc(-c2ccc(Cl)cc2)no1. The van der Waals surface area contributed by atoms with Gasteiger partial charge in [-0.2, -0.15) is 4.98 Å². The maximum Gasteiger partial charge on any atom is 0.246 e. The molecule has 0 radical (unpaired) electrons. The molecule has 1 unspecified atom stereocenters. The second-order valence-electron chi connectivity index (χ2n) is 5.93. The highest BCUT2D eigenvalue weighted by Crippen LogP contribution is 2.26. The van der Waals surface area contributed by atoms with Crippen molar-refractivity contribution in [3.8, 4) is 11.4 Å². The summed E-state index contributed by atoms with van der Waals surface area (Å²) in [4.78, 5) is 19.5. The zero-order chi connectivity index (χ0) is 19.4. The maximum absolute atomic E-state index is 12.6. The molecule has 1 atom stereocenters. The number of halogens is 2. The molecular weight excluding hydrogens is 405 g/mol. The highest BCUT2D eigenvalue weighted by Gasteiger charge is 2.21. The van der Waals surface area contributed by atoms with Gasteiger partial charge in [0.15, 0.2) is 0 Å². The van der Waals surface area contributed by atoms with Crippen LogP contribution in [0.4, 0.5) is 0 Å². The minimum absolute atomic E-state index is 0.0267. The van der Waals surface area contributed by atoms with Gasteiger partial charge in [0.05, 0.1) is 11.8 Å². The molecule has 1 aromatic heterocycles. The van der Waals surface area contributed by atoms with Crippen LogP contribution < -0.4 is 0 Å². The Hall–Kier alpha value is -2.02. The minimum atomic E-state index is -0.255. The van der Waals surface area contributed by atoms with Crippen molar-refractivity contribution in [2.24, 2.45) is 0 Å². The monoisotopic (exact) mass is 421 g/mol. The Morgan fingerprint density at radius 1 is 1.11 bits per heavy atom. The van der Waals surface area contributed by atoms with Crippen molar-refractivity contribution in [1.82, 2.24) is 15.0 Å². The average Bonchev–Trinajstić information content (AvgIpc) is 3.12. The first kappa shape index (κ1) is 19.7. The molecule has 27 heavy (non-hydrogen) atoms. The summed E-state index contributed by atoms with van der Waals surface area (Å²) in [5.74, 6) is 0.812. The highest BCUT2D eigenvalue weighted by atomic mass is 35.5. The molecule has 8 heteroatoms. The van der Waals surface area contributed by atoms with Crippen molar-refractivity contribution in [1.29, 1.82) is 0 Å². The molecule has 0 aliphatic carbocycles. The van der Waals surface area contributed by atoms with Crippen LogP contribution in [0.15, 0.2) is 57.9 Å². The number of benzene rings is 2. The van der Waals surface area contributed by atoms with Gasteiger partial charge in [-0.05, 0) is 55.5 Å². The van der Waals surface area contributed by atoms with Gasteiger partial charge in [-0.25, -0.2) is 0 Å². The van der Waals surface area contributed by atoms with Crippen molar-refractivity contribution in [3.63, 3.8) is 0 Å². The molecule has 0 spiro atoms. The van der Waals surface area contributed by atoms with E-state index in [1.54, 1.807) is 24.1 Å². The van der Waals surface area contributed by atoms with Gasteiger partial charge in [-0.1, -0.05) is 28.4 Å². The molecule has 2 aromatic carbocycles. The minimum Gasteiger partial charge on any atom is -0.337 e. The summed E-state index contributed by atoms with van der Waals surface area (Å²) < 4.78 is 5.27. The lowest BCUT2D eigenvalue weighted by Gasteiger charge is -2.19. The normalized spacial score (nSPS) is 12.0. The standard InChI is InChI=1S/C19H17Cl2N3O2S/c1-12(27-16-9-7-15(21)8-10-16)19(25)24(2)11-17-22-18(23-26-17)13-3-5-14(20)6-4-13/h3-10,12H,11H2,1-2H3. The molecule has 1 heterocycles. The number of thioether (sulfide) groups is 1. The molecular formula is C19H17Cl2N3O2S. The molecule has 0 aliphatic rings. The summed E-state index contributed by atoms with van der Waals surface area (Å²) in [6, 6.07) is 14.6. The van der Waals surface area contributed by atoms with E-state index in [9.17, 15) is 4.79 Å². The Balaban J connectivity index is 1.60. The Bertz CT molecular complexity index is 913. The summed E-state index contributed by atoms with van der Waals surface area (Å²) in [5.41, 5.74) is 0.801. The predicted octanol–water partition coefficient (Wildman–Crippen LogP) is 5.18. The summed E-state index contributed by atoms with van der Waals surface area (Å²) in [7, 11) is 1.72. The van der Waals surface area contributed by atoms with Crippen molar-refractivity contribution >= 4 is 40.9 Å². The second kappa shape index (κ2) is 8.78. The number of hydrogen-bond acceptors (Lipinski definition) is 5. The first-order chi connectivity index (χ1) is 12.9.